The number of amides is 1. The van der Waals surface area contributed by atoms with Gasteiger partial charge >= 0.3 is 0 Å². The second-order valence-corrected chi connectivity index (χ2v) is 3.66. The highest BCUT2D eigenvalue weighted by molar-refractivity contribution is 5.89. The van der Waals surface area contributed by atoms with Crippen LogP contribution in [0, 0.1) is 5.82 Å². The molecule has 0 aromatic heterocycles. The maximum atomic E-state index is 13.0. The quantitative estimate of drug-likeness (QED) is 0.797. The topological polar surface area (TPSA) is 55.1 Å². The number of halogens is 1. The smallest absolute Gasteiger partial charge is 0.221 e. The molecule has 0 bridgehead atoms. The third kappa shape index (κ3) is 3.67. The Morgan fingerprint density at radius 3 is 2.80 bits per heavy atom. The van der Waals surface area contributed by atoms with Crippen molar-refractivity contribution in [3.8, 4) is 0 Å². The molecule has 0 radical (unpaired) electrons. The lowest BCUT2D eigenvalue weighted by Gasteiger charge is -2.11. The summed E-state index contributed by atoms with van der Waals surface area (Å²) in [7, 11) is 0. The molecule has 15 heavy (non-hydrogen) atoms. The SMILES string of the molecule is CC(=O)Nc1ccc(F)cc1CC(C)N. The van der Waals surface area contributed by atoms with Crippen LogP contribution in [0.1, 0.15) is 19.4 Å². The monoisotopic (exact) mass is 210 g/mol. The Balaban J connectivity index is 2.97. The molecule has 0 aliphatic carbocycles. The summed E-state index contributed by atoms with van der Waals surface area (Å²) in [5, 5.41) is 2.64. The average molecular weight is 210 g/mol. The molecule has 1 amide bonds. The first-order chi connectivity index (χ1) is 6.99. The molecular weight excluding hydrogens is 195 g/mol. The van der Waals surface area contributed by atoms with Gasteiger partial charge in [-0.1, -0.05) is 0 Å². The van der Waals surface area contributed by atoms with Crippen LogP contribution in [-0.4, -0.2) is 11.9 Å². The fourth-order valence-electron chi connectivity index (χ4n) is 1.39. The third-order valence-corrected chi connectivity index (χ3v) is 1.92. The number of hydrogen-bond acceptors (Lipinski definition) is 2. The maximum Gasteiger partial charge on any atom is 0.221 e. The van der Waals surface area contributed by atoms with Crippen molar-refractivity contribution in [2.75, 3.05) is 5.32 Å². The third-order valence-electron chi connectivity index (χ3n) is 1.92. The highest BCUT2D eigenvalue weighted by Crippen LogP contribution is 2.18. The molecule has 0 saturated heterocycles. The Kier molecular flexibility index (Phi) is 3.80. The summed E-state index contributed by atoms with van der Waals surface area (Å²) in [6.07, 6.45) is 0.535. The summed E-state index contributed by atoms with van der Waals surface area (Å²) in [6, 6.07) is 4.19. The van der Waals surface area contributed by atoms with Crippen molar-refractivity contribution >= 4 is 11.6 Å². The van der Waals surface area contributed by atoms with E-state index in [1.54, 1.807) is 6.07 Å². The van der Waals surface area contributed by atoms with Crippen molar-refractivity contribution in [1.29, 1.82) is 0 Å². The first kappa shape index (κ1) is 11.7. The maximum absolute atomic E-state index is 13.0. The van der Waals surface area contributed by atoms with E-state index < -0.39 is 0 Å². The van der Waals surface area contributed by atoms with Crippen LogP contribution in [-0.2, 0) is 11.2 Å². The predicted octanol–water partition coefficient (Wildman–Crippen LogP) is 1.67. The standard InChI is InChI=1S/C11H15FN2O/c1-7(13)5-9-6-10(12)3-4-11(9)14-8(2)15/h3-4,6-7H,5,13H2,1-2H3,(H,14,15). The summed E-state index contributed by atoms with van der Waals surface area (Å²) in [6.45, 7) is 3.25. The largest absolute Gasteiger partial charge is 0.328 e. The molecule has 3 nitrogen and oxygen atoms in total. The zero-order chi connectivity index (χ0) is 11.4. The molecule has 0 spiro atoms. The molecule has 0 aliphatic heterocycles. The van der Waals surface area contributed by atoms with Crippen LogP contribution in [0.4, 0.5) is 10.1 Å². The van der Waals surface area contributed by atoms with Crippen molar-refractivity contribution in [1.82, 2.24) is 0 Å². The summed E-state index contributed by atoms with van der Waals surface area (Å²) in [4.78, 5) is 10.9. The van der Waals surface area contributed by atoms with Gasteiger partial charge in [0.25, 0.3) is 0 Å². The van der Waals surface area contributed by atoms with Gasteiger partial charge in [-0.25, -0.2) is 4.39 Å². The molecule has 0 heterocycles. The summed E-state index contributed by atoms with van der Waals surface area (Å²) < 4.78 is 13.0. The first-order valence-electron chi connectivity index (χ1n) is 4.80. The highest BCUT2D eigenvalue weighted by atomic mass is 19.1. The van der Waals surface area contributed by atoms with Crippen molar-refractivity contribution in [3.05, 3.63) is 29.6 Å². The van der Waals surface area contributed by atoms with Crippen LogP contribution < -0.4 is 11.1 Å². The van der Waals surface area contributed by atoms with Gasteiger partial charge in [-0.05, 0) is 37.1 Å². The molecule has 1 atom stereocenters. The second kappa shape index (κ2) is 4.89. The highest BCUT2D eigenvalue weighted by Gasteiger charge is 2.07. The van der Waals surface area contributed by atoms with E-state index in [-0.39, 0.29) is 17.8 Å². The molecular formula is C11H15FN2O. The van der Waals surface area contributed by atoms with E-state index in [2.05, 4.69) is 5.32 Å². The summed E-state index contributed by atoms with van der Waals surface area (Å²) >= 11 is 0. The Hall–Kier alpha value is -1.42. The fraction of sp³-hybridized carbons (Fsp3) is 0.364. The Labute approximate surface area is 88.5 Å². The average Bonchev–Trinajstić information content (AvgIpc) is 2.08. The molecule has 1 unspecified atom stereocenters. The van der Waals surface area contributed by atoms with Gasteiger partial charge in [-0.3, -0.25) is 4.79 Å². The predicted molar refractivity (Wildman–Crippen MR) is 58.1 cm³/mol. The van der Waals surface area contributed by atoms with E-state index in [1.807, 2.05) is 6.92 Å². The van der Waals surface area contributed by atoms with Crippen molar-refractivity contribution in [2.24, 2.45) is 5.73 Å². The van der Waals surface area contributed by atoms with Gasteiger partial charge in [0.15, 0.2) is 0 Å². The number of nitrogens with two attached hydrogens (primary N) is 1. The molecule has 1 rings (SSSR count). The van der Waals surface area contributed by atoms with Crippen LogP contribution in [0.25, 0.3) is 0 Å². The lowest BCUT2D eigenvalue weighted by molar-refractivity contribution is -0.114. The first-order valence-corrected chi connectivity index (χ1v) is 4.80. The summed E-state index contributed by atoms with van der Waals surface area (Å²) in [5.74, 6) is -0.493. The van der Waals surface area contributed by atoms with Gasteiger partial charge in [-0.2, -0.15) is 0 Å². The number of anilines is 1. The molecule has 1 aromatic carbocycles. The number of hydrogen-bond donors (Lipinski definition) is 2. The molecule has 0 aliphatic rings. The Morgan fingerprint density at radius 1 is 1.60 bits per heavy atom. The van der Waals surface area contributed by atoms with Crippen molar-refractivity contribution in [2.45, 2.75) is 26.3 Å². The minimum atomic E-state index is -0.320. The number of nitrogens with one attached hydrogen (secondary N) is 1. The normalized spacial score (nSPS) is 12.3. The second-order valence-electron chi connectivity index (χ2n) is 3.66. The van der Waals surface area contributed by atoms with Crippen LogP contribution in [0.2, 0.25) is 0 Å². The zero-order valence-electron chi connectivity index (χ0n) is 8.88. The van der Waals surface area contributed by atoms with Crippen LogP contribution in [0.15, 0.2) is 18.2 Å². The number of benzene rings is 1. The molecule has 0 saturated carbocycles. The summed E-state index contributed by atoms with van der Waals surface area (Å²) in [5.41, 5.74) is 6.99. The van der Waals surface area contributed by atoms with Crippen LogP contribution >= 0.6 is 0 Å². The minimum absolute atomic E-state index is 0.0701. The number of rotatable bonds is 3. The van der Waals surface area contributed by atoms with Crippen LogP contribution in [0.3, 0.4) is 0 Å². The van der Waals surface area contributed by atoms with Crippen molar-refractivity contribution in [3.63, 3.8) is 0 Å². The van der Waals surface area contributed by atoms with Gasteiger partial charge in [0.1, 0.15) is 5.82 Å². The van der Waals surface area contributed by atoms with Crippen LogP contribution in [0.5, 0.6) is 0 Å². The molecule has 0 fully saturated rings. The van der Waals surface area contributed by atoms with Gasteiger partial charge in [0.05, 0.1) is 0 Å². The number of carbonyl (C=O) groups excluding carboxylic acids is 1. The van der Waals surface area contributed by atoms with Gasteiger partial charge in [-0.15, -0.1) is 0 Å². The van der Waals surface area contributed by atoms with Crippen molar-refractivity contribution < 1.29 is 9.18 Å². The Bertz CT molecular complexity index is 364. The van der Waals surface area contributed by atoms with E-state index in [4.69, 9.17) is 5.73 Å². The van der Waals surface area contributed by atoms with Gasteiger partial charge in [0.2, 0.25) is 5.91 Å². The minimum Gasteiger partial charge on any atom is -0.328 e. The van der Waals surface area contributed by atoms with E-state index in [9.17, 15) is 9.18 Å². The molecule has 4 heteroatoms. The van der Waals surface area contributed by atoms with Gasteiger partial charge < -0.3 is 11.1 Å². The van der Waals surface area contributed by atoms with E-state index in [1.165, 1.54) is 19.1 Å². The molecule has 3 N–H and O–H groups in total. The number of carbonyl (C=O) groups is 1. The Morgan fingerprint density at radius 2 is 2.27 bits per heavy atom. The van der Waals surface area contributed by atoms with E-state index in [0.717, 1.165) is 5.56 Å². The fourth-order valence-corrected chi connectivity index (χ4v) is 1.39. The van der Waals surface area contributed by atoms with E-state index in [0.29, 0.717) is 12.1 Å². The van der Waals surface area contributed by atoms with Gasteiger partial charge in [0, 0.05) is 18.7 Å². The zero-order valence-corrected chi connectivity index (χ0v) is 8.88. The molecule has 82 valence electrons. The lowest BCUT2D eigenvalue weighted by Crippen LogP contribution is -2.19. The lowest BCUT2D eigenvalue weighted by atomic mass is 10.1. The van der Waals surface area contributed by atoms with E-state index >= 15 is 0 Å². The molecule has 1 aromatic rings.